The second kappa shape index (κ2) is 8.14. The molecule has 0 spiro atoms. The minimum Gasteiger partial charge on any atom is -0.465 e. The first-order valence-corrected chi connectivity index (χ1v) is 8.86. The largest absolute Gasteiger partial charge is 0.465 e. The molecule has 1 aliphatic heterocycles. The maximum absolute atomic E-state index is 12.8. The maximum Gasteiger partial charge on any atom is 0.326 e. The Morgan fingerprint density at radius 1 is 1.24 bits per heavy atom. The average Bonchev–Trinajstić information content (AvgIpc) is 2.72. The van der Waals surface area contributed by atoms with Crippen molar-refractivity contribution in [3.05, 3.63) is 0 Å². The van der Waals surface area contributed by atoms with Crippen LogP contribution in [0.3, 0.4) is 0 Å². The van der Waals surface area contributed by atoms with Gasteiger partial charge in [-0.1, -0.05) is 32.6 Å². The van der Waals surface area contributed by atoms with Gasteiger partial charge < -0.3 is 10.1 Å². The lowest BCUT2D eigenvalue weighted by atomic mass is 9.86. The molecule has 1 heterocycles. The summed E-state index contributed by atoms with van der Waals surface area (Å²) in [7, 11) is 0. The Kier molecular flexibility index (Phi) is 6.49. The Balaban J connectivity index is 2.13. The van der Waals surface area contributed by atoms with Crippen LogP contribution in [0.15, 0.2) is 0 Å². The van der Waals surface area contributed by atoms with Gasteiger partial charge in [-0.2, -0.15) is 0 Å². The average molecular weight is 296 g/mol. The van der Waals surface area contributed by atoms with E-state index in [1.807, 2.05) is 6.92 Å². The zero-order valence-electron chi connectivity index (χ0n) is 13.8. The van der Waals surface area contributed by atoms with Crippen molar-refractivity contribution < 1.29 is 9.53 Å². The number of ether oxygens (including phenoxy) is 1. The number of rotatable bonds is 5. The number of nitrogens with zero attached hydrogens (tertiary/aromatic N) is 1. The summed E-state index contributed by atoms with van der Waals surface area (Å²) in [5.41, 5.74) is -0.347. The fourth-order valence-electron chi connectivity index (χ4n) is 4.10. The Hall–Kier alpha value is -0.610. The van der Waals surface area contributed by atoms with Crippen LogP contribution < -0.4 is 5.32 Å². The Morgan fingerprint density at radius 3 is 2.67 bits per heavy atom. The number of hydrogen-bond acceptors (Lipinski definition) is 4. The van der Waals surface area contributed by atoms with E-state index >= 15 is 0 Å². The zero-order chi connectivity index (χ0) is 15.1. The van der Waals surface area contributed by atoms with Gasteiger partial charge in [0.05, 0.1) is 6.61 Å². The third-order valence-electron chi connectivity index (χ3n) is 5.24. The Bertz CT molecular complexity index is 329. The first-order chi connectivity index (χ1) is 10.2. The van der Waals surface area contributed by atoms with Crippen molar-refractivity contribution in [2.24, 2.45) is 5.92 Å². The van der Waals surface area contributed by atoms with Gasteiger partial charge in [0, 0.05) is 26.2 Å². The highest BCUT2D eigenvalue weighted by Crippen LogP contribution is 2.37. The maximum atomic E-state index is 12.8. The van der Waals surface area contributed by atoms with E-state index in [0.29, 0.717) is 6.61 Å². The number of nitrogens with one attached hydrogen (secondary N) is 1. The second-order valence-corrected chi connectivity index (χ2v) is 6.57. The van der Waals surface area contributed by atoms with E-state index in [9.17, 15) is 4.79 Å². The molecule has 1 saturated carbocycles. The highest BCUT2D eigenvalue weighted by molar-refractivity contribution is 5.81. The van der Waals surface area contributed by atoms with E-state index in [4.69, 9.17) is 4.74 Å². The topological polar surface area (TPSA) is 41.6 Å². The van der Waals surface area contributed by atoms with Crippen LogP contribution in [0.5, 0.6) is 0 Å². The summed E-state index contributed by atoms with van der Waals surface area (Å²) >= 11 is 0. The molecule has 0 radical (unpaired) electrons. The molecule has 2 atom stereocenters. The van der Waals surface area contributed by atoms with E-state index in [1.54, 1.807) is 0 Å². The van der Waals surface area contributed by atoms with E-state index < -0.39 is 0 Å². The molecule has 2 unspecified atom stereocenters. The van der Waals surface area contributed by atoms with Crippen LogP contribution >= 0.6 is 0 Å². The van der Waals surface area contributed by atoms with Gasteiger partial charge in [0.25, 0.3) is 0 Å². The predicted molar refractivity (Wildman–Crippen MR) is 85.3 cm³/mol. The van der Waals surface area contributed by atoms with Crippen LogP contribution in [0.25, 0.3) is 0 Å². The molecule has 122 valence electrons. The number of carbonyl (C=O) groups excluding carboxylic acids is 1. The van der Waals surface area contributed by atoms with Gasteiger partial charge in [0.15, 0.2) is 0 Å². The molecule has 4 nitrogen and oxygen atoms in total. The third-order valence-corrected chi connectivity index (χ3v) is 5.24. The highest BCUT2D eigenvalue weighted by atomic mass is 16.5. The first kappa shape index (κ1) is 16.8. The molecule has 0 bridgehead atoms. The molecular weight excluding hydrogens is 264 g/mol. The summed E-state index contributed by atoms with van der Waals surface area (Å²) in [6.45, 7) is 8.58. The van der Waals surface area contributed by atoms with Crippen LogP contribution in [-0.4, -0.2) is 49.2 Å². The molecule has 2 rings (SSSR count). The van der Waals surface area contributed by atoms with Gasteiger partial charge in [-0.05, 0) is 32.1 Å². The molecule has 1 aliphatic carbocycles. The lowest BCUT2D eigenvalue weighted by Gasteiger charge is -2.43. The fraction of sp³-hybridized carbons (Fsp3) is 0.941. The highest BCUT2D eigenvalue weighted by Gasteiger charge is 2.46. The second-order valence-electron chi connectivity index (χ2n) is 6.57. The molecule has 2 fully saturated rings. The van der Waals surface area contributed by atoms with E-state index in [0.717, 1.165) is 51.4 Å². The fourth-order valence-corrected chi connectivity index (χ4v) is 4.10. The number of hydrogen-bond donors (Lipinski definition) is 1. The molecule has 0 amide bonds. The first-order valence-electron chi connectivity index (χ1n) is 8.86. The summed E-state index contributed by atoms with van der Waals surface area (Å²) < 4.78 is 5.49. The summed E-state index contributed by atoms with van der Waals surface area (Å²) in [5, 5.41) is 3.39. The summed E-state index contributed by atoms with van der Waals surface area (Å²) in [4.78, 5) is 15.2. The van der Waals surface area contributed by atoms with Crippen molar-refractivity contribution in [3.8, 4) is 0 Å². The van der Waals surface area contributed by atoms with Gasteiger partial charge in [0.2, 0.25) is 0 Å². The summed E-state index contributed by atoms with van der Waals surface area (Å²) in [6, 6.07) is 0. The van der Waals surface area contributed by atoms with Gasteiger partial charge in [0.1, 0.15) is 5.54 Å². The standard InChI is InChI=1S/C17H32N2O2/c1-3-6-15-7-5-9-17(10-8-15,16(20)21-4-2)19-13-11-18-12-14-19/h15,18H,3-14H2,1-2H3. The van der Waals surface area contributed by atoms with Crippen molar-refractivity contribution in [2.45, 2.75) is 64.3 Å². The normalized spacial score (nSPS) is 31.6. The van der Waals surface area contributed by atoms with E-state index in [2.05, 4.69) is 17.1 Å². The molecule has 0 aromatic heterocycles. The third kappa shape index (κ3) is 3.98. The van der Waals surface area contributed by atoms with Crippen LogP contribution in [0, 0.1) is 5.92 Å². The molecule has 1 N–H and O–H groups in total. The van der Waals surface area contributed by atoms with E-state index in [-0.39, 0.29) is 11.5 Å². The van der Waals surface area contributed by atoms with Gasteiger partial charge >= 0.3 is 5.97 Å². The molecular formula is C17H32N2O2. The quantitative estimate of drug-likeness (QED) is 0.625. The van der Waals surface area contributed by atoms with Gasteiger partial charge in [-0.15, -0.1) is 0 Å². The monoisotopic (exact) mass is 296 g/mol. The lowest BCUT2D eigenvalue weighted by molar-refractivity contribution is -0.160. The molecule has 0 aromatic rings. The molecule has 4 heteroatoms. The molecule has 21 heavy (non-hydrogen) atoms. The van der Waals surface area contributed by atoms with Crippen molar-refractivity contribution >= 4 is 5.97 Å². The number of esters is 1. The Labute approximate surface area is 129 Å². The zero-order valence-corrected chi connectivity index (χ0v) is 13.8. The minimum atomic E-state index is -0.347. The van der Waals surface area contributed by atoms with Crippen LogP contribution in [0.1, 0.15) is 58.8 Å². The van der Waals surface area contributed by atoms with Crippen LogP contribution in [0.2, 0.25) is 0 Å². The summed E-state index contributed by atoms with van der Waals surface area (Å²) in [6.07, 6.45) is 8.14. The van der Waals surface area contributed by atoms with Crippen molar-refractivity contribution in [1.29, 1.82) is 0 Å². The SMILES string of the molecule is CCCC1CCCC(C(=O)OCC)(N2CCNCC2)CC1. The summed E-state index contributed by atoms with van der Waals surface area (Å²) in [5.74, 6) is 0.832. The number of carbonyl (C=O) groups is 1. The molecule has 2 aliphatic rings. The van der Waals surface area contributed by atoms with Crippen LogP contribution in [-0.2, 0) is 9.53 Å². The molecule has 0 aromatic carbocycles. The van der Waals surface area contributed by atoms with Gasteiger partial charge in [-0.25, -0.2) is 0 Å². The van der Waals surface area contributed by atoms with Crippen molar-refractivity contribution in [3.63, 3.8) is 0 Å². The van der Waals surface area contributed by atoms with Crippen molar-refractivity contribution in [1.82, 2.24) is 10.2 Å². The predicted octanol–water partition coefficient (Wildman–Crippen LogP) is 2.57. The smallest absolute Gasteiger partial charge is 0.326 e. The number of piperazine rings is 1. The minimum absolute atomic E-state index is 0.0315. The molecule has 1 saturated heterocycles. The lowest BCUT2D eigenvalue weighted by Crippen LogP contribution is -2.60. The van der Waals surface area contributed by atoms with Crippen LogP contribution in [0.4, 0.5) is 0 Å². The van der Waals surface area contributed by atoms with Crippen molar-refractivity contribution in [2.75, 3.05) is 32.8 Å². The van der Waals surface area contributed by atoms with E-state index in [1.165, 1.54) is 25.7 Å². The van der Waals surface area contributed by atoms with Gasteiger partial charge in [-0.3, -0.25) is 9.69 Å². The Morgan fingerprint density at radius 2 is 2.00 bits per heavy atom.